The second-order valence-corrected chi connectivity index (χ2v) is 5.06. The van der Waals surface area contributed by atoms with Crippen LogP contribution in [0.5, 0.6) is 0 Å². The number of hydrogen-bond acceptors (Lipinski definition) is 3. The summed E-state index contributed by atoms with van der Waals surface area (Å²) in [5, 5.41) is 2.10. The molecule has 3 nitrogen and oxygen atoms in total. The van der Waals surface area contributed by atoms with Gasteiger partial charge in [-0.05, 0) is 35.6 Å². The number of amides is 1. The van der Waals surface area contributed by atoms with Gasteiger partial charge < -0.3 is 4.90 Å². The molecule has 3 rings (SSSR count). The Morgan fingerprint density at radius 3 is 3.12 bits per heavy atom. The third-order valence-corrected chi connectivity index (χ3v) is 4.00. The second kappa shape index (κ2) is 4.30. The van der Waals surface area contributed by atoms with Crippen molar-refractivity contribution in [3.8, 4) is 0 Å². The minimum absolute atomic E-state index is 0.0300. The Morgan fingerprint density at radius 2 is 2.29 bits per heavy atom. The molecule has 0 bridgehead atoms. The van der Waals surface area contributed by atoms with E-state index in [1.165, 1.54) is 10.4 Å². The van der Waals surface area contributed by atoms with E-state index in [2.05, 4.69) is 16.4 Å². The summed E-state index contributed by atoms with van der Waals surface area (Å²) < 4.78 is 0. The van der Waals surface area contributed by atoms with Crippen LogP contribution in [0.1, 0.15) is 20.9 Å². The molecule has 86 valence electrons. The molecule has 0 aliphatic carbocycles. The van der Waals surface area contributed by atoms with E-state index in [1.54, 1.807) is 23.6 Å². The van der Waals surface area contributed by atoms with Crippen molar-refractivity contribution >= 4 is 17.2 Å². The van der Waals surface area contributed by atoms with E-state index < -0.39 is 0 Å². The molecule has 0 atom stereocenters. The third-order valence-electron chi connectivity index (χ3n) is 2.98. The molecule has 2 aromatic rings. The van der Waals surface area contributed by atoms with Crippen molar-refractivity contribution in [3.63, 3.8) is 0 Å². The van der Waals surface area contributed by atoms with Gasteiger partial charge in [-0.2, -0.15) is 0 Å². The van der Waals surface area contributed by atoms with Crippen LogP contribution < -0.4 is 0 Å². The zero-order valence-corrected chi connectivity index (χ0v) is 10.1. The van der Waals surface area contributed by atoms with Crippen LogP contribution in [0.4, 0.5) is 0 Å². The molecule has 1 aliphatic rings. The SMILES string of the molecule is O=C(c1ccccn1)N1CCc2sccc2C1. The summed E-state index contributed by atoms with van der Waals surface area (Å²) in [6.45, 7) is 1.51. The van der Waals surface area contributed by atoms with Crippen molar-refractivity contribution in [3.05, 3.63) is 52.0 Å². The zero-order valence-electron chi connectivity index (χ0n) is 9.30. The van der Waals surface area contributed by atoms with E-state index in [1.807, 2.05) is 17.0 Å². The number of carbonyl (C=O) groups is 1. The van der Waals surface area contributed by atoms with E-state index in [-0.39, 0.29) is 5.91 Å². The molecule has 1 aliphatic heterocycles. The van der Waals surface area contributed by atoms with Crippen LogP contribution in [0.2, 0.25) is 0 Å². The summed E-state index contributed by atoms with van der Waals surface area (Å²) in [7, 11) is 0. The van der Waals surface area contributed by atoms with Gasteiger partial charge in [0.05, 0.1) is 0 Å². The number of carbonyl (C=O) groups excluding carboxylic acids is 1. The molecule has 1 amide bonds. The maximum absolute atomic E-state index is 12.2. The van der Waals surface area contributed by atoms with E-state index in [9.17, 15) is 4.79 Å². The molecule has 2 aromatic heterocycles. The lowest BCUT2D eigenvalue weighted by molar-refractivity contribution is 0.0730. The van der Waals surface area contributed by atoms with Gasteiger partial charge in [0.1, 0.15) is 5.69 Å². The number of rotatable bonds is 1. The van der Waals surface area contributed by atoms with Crippen LogP contribution in [0.15, 0.2) is 35.8 Å². The zero-order chi connectivity index (χ0) is 11.7. The smallest absolute Gasteiger partial charge is 0.272 e. The molecule has 0 fully saturated rings. The van der Waals surface area contributed by atoms with Crippen molar-refractivity contribution in [1.29, 1.82) is 0 Å². The van der Waals surface area contributed by atoms with Crippen LogP contribution >= 0.6 is 11.3 Å². The molecule has 0 N–H and O–H groups in total. The molecule has 4 heteroatoms. The van der Waals surface area contributed by atoms with Crippen LogP contribution in [0.3, 0.4) is 0 Å². The second-order valence-electron chi connectivity index (χ2n) is 4.06. The molecule has 0 saturated heterocycles. The highest BCUT2D eigenvalue weighted by molar-refractivity contribution is 7.10. The Labute approximate surface area is 104 Å². The number of aromatic nitrogens is 1. The van der Waals surface area contributed by atoms with Gasteiger partial charge in [0.25, 0.3) is 5.91 Å². The van der Waals surface area contributed by atoms with Crippen LogP contribution in [-0.4, -0.2) is 22.3 Å². The van der Waals surface area contributed by atoms with E-state index >= 15 is 0 Å². The van der Waals surface area contributed by atoms with Crippen molar-refractivity contribution in [2.45, 2.75) is 13.0 Å². The Hall–Kier alpha value is -1.68. The van der Waals surface area contributed by atoms with Crippen LogP contribution in [-0.2, 0) is 13.0 Å². The van der Waals surface area contributed by atoms with Gasteiger partial charge in [-0.15, -0.1) is 11.3 Å². The summed E-state index contributed by atoms with van der Waals surface area (Å²) in [5.41, 5.74) is 1.82. The van der Waals surface area contributed by atoms with Crippen LogP contribution in [0, 0.1) is 0 Å². The first-order valence-electron chi connectivity index (χ1n) is 5.60. The molecule has 0 aromatic carbocycles. The first-order valence-corrected chi connectivity index (χ1v) is 6.48. The average Bonchev–Trinajstić information content (AvgIpc) is 2.86. The summed E-state index contributed by atoms with van der Waals surface area (Å²) in [5.74, 6) is 0.0300. The molecule has 0 radical (unpaired) electrons. The fourth-order valence-corrected chi connectivity index (χ4v) is 2.96. The molecule has 17 heavy (non-hydrogen) atoms. The predicted molar refractivity (Wildman–Crippen MR) is 67.0 cm³/mol. The van der Waals surface area contributed by atoms with E-state index in [4.69, 9.17) is 0 Å². The van der Waals surface area contributed by atoms with Crippen molar-refractivity contribution < 1.29 is 4.79 Å². The highest BCUT2D eigenvalue weighted by atomic mass is 32.1. The van der Waals surface area contributed by atoms with Gasteiger partial charge in [0.2, 0.25) is 0 Å². The average molecular weight is 244 g/mol. The largest absolute Gasteiger partial charge is 0.333 e. The fraction of sp³-hybridized carbons (Fsp3) is 0.231. The number of pyridine rings is 1. The van der Waals surface area contributed by atoms with Gasteiger partial charge in [-0.3, -0.25) is 9.78 Å². The minimum Gasteiger partial charge on any atom is -0.333 e. The molecular weight excluding hydrogens is 232 g/mol. The number of fused-ring (bicyclic) bond motifs is 1. The summed E-state index contributed by atoms with van der Waals surface area (Å²) >= 11 is 1.78. The maximum Gasteiger partial charge on any atom is 0.272 e. The van der Waals surface area contributed by atoms with Gasteiger partial charge in [-0.25, -0.2) is 0 Å². The van der Waals surface area contributed by atoms with Gasteiger partial charge in [-0.1, -0.05) is 6.07 Å². The molecule has 0 saturated carbocycles. The monoisotopic (exact) mass is 244 g/mol. The van der Waals surface area contributed by atoms with Crippen molar-refractivity contribution in [1.82, 2.24) is 9.88 Å². The van der Waals surface area contributed by atoms with Gasteiger partial charge >= 0.3 is 0 Å². The first-order chi connectivity index (χ1) is 8.34. The topological polar surface area (TPSA) is 33.2 Å². The lowest BCUT2D eigenvalue weighted by atomic mass is 10.1. The summed E-state index contributed by atoms with van der Waals surface area (Å²) in [4.78, 5) is 19.6. The Balaban J connectivity index is 1.81. The minimum atomic E-state index is 0.0300. The highest BCUT2D eigenvalue weighted by Crippen LogP contribution is 2.24. The van der Waals surface area contributed by atoms with E-state index in [0.717, 1.165) is 13.0 Å². The van der Waals surface area contributed by atoms with Gasteiger partial charge in [0, 0.05) is 24.2 Å². The predicted octanol–water partition coefficient (Wildman–Crippen LogP) is 2.34. The first kappa shape index (κ1) is 10.5. The molecular formula is C13H12N2OS. The standard InChI is InChI=1S/C13H12N2OS/c16-13(11-3-1-2-6-14-11)15-7-4-12-10(9-15)5-8-17-12/h1-3,5-6,8H,4,7,9H2. The quantitative estimate of drug-likeness (QED) is 0.771. The van der Waals surface area contributed by atoms with Gasteiger partial charge in [0.15, 0.2) is 0 Å². The number of nitrogens with zero attached hydrogens (tertiary/aromatic N) is 2. The summed E-state index contributed by atoms with van der Waals surface area (Å²) in [6.07, 6.45) is 2.62. The molecule has 3 heterocycles. The third kappa shape index (κ3) is 1.96. The normalized spacial score (nSPS) is 14.5. The molecule has 0 unspecified atom stereocenters. The maximum atomic E-state index is 12.2. The molecule has 0 spiro atoms. The highest BCUT2D eigenvalue weighted by Gasteiger charge is 2.22. The van der Waals surface area contributed by atoms with Crippen molar-refractivity contribution in [2.75, 3.05) is 6.54 Å². The number of hydrogen-bond donors (Lipinski definition) is 0. The van der Waals surface area contributed by atoms with Crippen molar-refractivity contribution in [2.24, 2.45) is 0 Å². The fourth-order valence-electron chi connectivity index (χ4n) is 2.07. The Morgan fingerprint density at radius 1 is 1.35 bits per heavy atom. The lowest BCUT2D eigenvalue weighted by Crippen LogP contribution is -2.35. The van der Waals surface area contributed by atoms with E-state index in [0.29, 0.717) is 12.2 Å². The number of thiophene rings is 1. The lowest BCUT2D eigenvalue weighted by Gasteiger charge is -2.26. The summed E-state index contributed by atoms with van der Waals surface area (Å²) in [6, 6.07) is 7.55. The van der Waals surface area contributed by atoms with Crippen LogP contribution in [0.25, 0.3) is 0 Å². The Bertz CT molecular complexity index is 535. The Kier molecular flexibility index (Phi) is 2.65.